The number of hydrogen-bond acceptors (Lipinski definition) is 4. The largest absolute Gasteiger partial charge is 0.465 e. The molecule has 25 heavy (non-hydrogen) atoms. The van der Waals surface area contributed by atoms with Gasteiger partial charge in [0.1, 0.15) is 0 Å². The third-order valence-electron chi connectivity index (χ3n) is 3.78. The van der Waals surface area contributed by atoms with Crippen molar-refractivity contribution in [3.63, 3.8) is 0 Å². The Balaban J connectivity index is 2.28. The van der Waals surface area contributed by atoms with E-state index in [4.69, 9.17) is 0 Å². The van der Waals surface area contributed by atoms with Gasteiger partial charge < -0.3 is 4.74 Å². The molecule has 0 radical (unpaired) electrons. The van der Waals surface area contributed by atoms with Crippen LogP contribution in [0.5, 0.6) is 0 Å². The molecule has 6 heteroatoms. The van der Waals surface area contributed by atoms with Crippen molar-refractivity contribution in [2.24, 2.45) is 5.92 Å². The Morgan fingerprint density at radius 2 is 1.76 bits per heavy atom. The van der Waals surface area contributed by atoms with Crippen molar-refractivity contribution in [2.45, 2.75) is 32.1 Å². The van der Waals surface area contributed by atoms with Crippen molar-refractivity contribution in [3.05, 3.63) is 59.2 Å². The number of benzene rings is 2. The summed E-state index contributed by atoms with van der Waals surface area (Å²) in [6.07, 6.45) is 0.897. The summed E-state index contributed by atoms with van der Waals surface area (Å²) in [6, 6.07) is 11.6. The van der Waals surface area contributed by atoms with E-state index in [1.807, 2.05) is 12.1 Å². The molecular formula is C19H23NO4S. The summed E-state index contributed by atoms with van der Waals surface area (Å²) in [6.45, 7) is 6.00. The first-order valence-corrected chi connectivity index (χ1v) is 9.52. The van der Waals surface area contributed by atoms with Crippen molar-refractivity contribution in [1.29, 1.82) is 0 Å². The molecule has 0 amide bonds. The summed E-state index contributed by atoms with van der Waals surface area (Å²) < 4.78 is 32.4. The van der Waals surface area contributed by atoms with E-state index < -0.39 is 16.0 Å². The van der Waals surface area contributed by atoms with Crippen LogP contribution in [-0.4, -0.2) is 21.5 Å². The lowest BCUT2D eigenvalue weighted by Crippen LogP contribution is -2.14. The van der Waals surface area contributed by atoms with Crippen LogP contribution >= 0.6 is 0 Å². The lowest BCUT2D eigenvalue weighted by molar-refractivity contribution is 0.0601. The van der Waals surface area contributed by atoms with E-state index in [0.29, 0.717) is 17.2 Å². The van der Waals surface area contributed by atoms with Gasteiger partial charge in [-0.05, 0) is 54.7 Å². The molecule has 134 valence electrons. The fraction of sp³-hybridized carbons (Fsp3) is 0.316. The van der Waals surface area contributed by atoms with Crippen LogP contribution in [0.3, 0.4) is 0 Å². The van der Waals surface area contributed by atoms with Gasteiger partial charge in [0, 0.05) is 0 Å². The first kappa shape index (κ1) is 19.0. The number of sulfonamides is 1. The van der Waals surface area contributed by atoms with E-state index in [9.17, 15) is 13.2 Å². The molecule has 0 aliphatic rings. The molecule has 0 bridgehead atoms. The summed E-state index contributed by atoms with van der Waals surface area (Å²) in [7, 11) is -2.45. The molecular weight excluding hydrogens is 338 g/mol. The molecule has 0 heterocycles. The fourth-order valence-electron chi connectivity index (χ4n) is 2.46. The zero-order valence-electron chi connectivity index (χ0n) is 14.9. The maximum atomic E-state index is 12.6. The Kier molecular flexibility index (Phi) is 5.85. The molecule has 0 aromatic heterocycles. The molecule has 2 aromatic rings. The summed E-state index contributed by atoms with van der Waals surface area (Å²) >= 11 is 0. The lowest BCUT2D eigenvalue weighted by atomic mass is 10.0. The predicted molar refractivity (Wildman–Crippen MR) is 98.3 cm³/mol. The van der Waals surface area contributed by atoms with E-state index in [0.717, 1.165) is 12.0 Å². The number of anilines is 1. The number of ether oxygens (including phenoxy) is 1. The highest BCUT2D eigenvalue weighted by Gasteiger charge is 2.17. The highest BCUT2D eigenvalue weighted by Crippen LogP contribution is 2.22. The zero-order chi connectivity index (χ0) is 18.6. The second kappa shape index (κ2) is 7.70. The van der Waals surface area contributed by atoms with E-state index in [2.05, 4.69) is 23.3 Å². The van der Waals surface area contributed by atoms with Crippen molar-refractivity contribution in [2.75, 3.05) is 11.8 Å². The van der Waals surface area contributed by atoms with Gasteiger partial charge in [-0.3, -0.25) is 4.72 Å². The van der Waals surface area contributed by atoms with Crippen molar-refractivity contribution >= 4 is 21.7 Å². The third kappa shape index (κ3) is 4.82. The zero-order valence-corrected chi connectivity index (χ0v) is 15.7. The third-order valence-corrected chi connectivity index (χ3v) is 5.16. The van der Waals surface area contributed by atoms with E-state index in [1.54, 1.807) is 31.2 Å². The van der Waals surface area contributed by atoms with Gasteiger partial charge >= 0.3 is 5.97 Å². The number of esters is 1. The van der Waals surface area contributed by atoms with Gasteiger partial charge in [0.2, 0.25) is 0 Å². The number of methoxy groups -OCH3 is 1. The summed E-state index contributed by atoms with van der Waals surface area (Å²) in [4.78, 5) is 11.8. The minimum Gasteiger partial charge on any atom is -0.465 e. The number of aryl methyl sites for hydroxylation is 1. The number of rotatable bonds is 6. The summed E-state index contributed by atoms with van der Waals surface area (Å²) in [5.74, 6) is -0.0113. The van der Waals surface area contributed by atoms with E-state index >= 15 is 0 Å². The van der Waals surface area contributed by atoms with Gasteiger partial charge in [-0.25, -0.2) is 13.2 Å². The predicted octanol–water partition coefficient (Wildman–Crippen LogP) is 3.78. The van der Waals surface area contributed by atoms with Crippen LogP contribution in [0.1, 0.15) is 35.3 Å². The Hall–Kier alpha value is -2.34. The molecule has 0 unspecified atom stereocenters. The lowest BCUT2D eigenvalue weighted by Gasteiger charge is -2.12. The quantitative estimate of drug-likeness (QED) is 0.795. The van der Waals surface area contributed by atoms with Crippen LogP contribution in [0, 0.1) is 12.8 Å². The number of nitrogens with one attached hydrogen (secondary N) is 1. The molecule has 2 aromatic carbocycles. The molecule has 0 saturated carbocycles. The van der Waals surface area contributed by atoms with Crippen molar-refractivity contribution in [1.82, 2.24) is 0 Å². The minimum absolute atomic E-state index is 0.183. The highest BCUT2D eigenvalue weighted by molar-refractivity contribution is 7.92. The highest BCUT2D eigenvalue weighted by atomic mass is 32.2. The normalized spacial score (nSPS) is 11.4. The Bertz CT molecular complexity index is 855. The minimum atomic E-state index is -3.73. The average molecular weight is 361 g/mol. The standard InChI is InChI=1S/C19H23NO4S/c1-13(2)11-15-6-9-17(10-7-15)25(22,23)20-18-12-16(19(21)24-4)8-5-14(18)3/h5-10,12-13,20H,11H2,1-4H3. The first-order valence-electron chi connectivity index (χ1n) is 8.03. The van der Waals surface area contributed by atoms with Crippen molar-refractivity contribution in [3.8, 4) is 0 Å². The van der Waals surface area contributed by atoms with Crippen LogP contribution in [0.2, 0.25) is 0 Å². The Morgan fingerprint density at radius 1 is 1.12 bits per heavy atom. The van der Waals surface area contributed by atoms with Gasteiger partial charge in [0.15, 0.2) is 0 Å². The van der Waals surface area contributed by atoms with Crippen LogP contribution in [-0.2, 0) is 21.2 Å². The molecule has 0 fully saturated rings. The first-order chi connectivity index (χ1) is 11.7. The van der Waals surface area contributed by atoms with Crippen LogP contribution in [0.25, 0.3) is 0 Å². The fourth-order valence-corrected chi connectivity index (χ4v) is 3.58. The number of carbonyl (C=O) groups is 1. The second-order valence-electron chi connectivity index (χ2n) is 6.37. The maximum absolute atomic E-state index is 12.6. The van der Waals surface area contributed by atoms with E-state index in [1.165, 1.54) is 13.2 Å². The molecule has 0 saturated heterocycles. The molecule has 2 rings (SSSR count). The summed E-state index contributed by atoms with van der Waals surface area (Å²) in [5.41, 5.74) is 2.46. The maximum Gasteiger partial charge on any atom is 0.337 e. The second-order valence-corrected chi connectivity index (χ2v) is 8.05. The topological polar surface area (TPSA) is 72.5 Å². The molecule has 0 spiro atoms. The SMILES string of the molecule is COC(=O)c1ccc(C)c(NS(=O)(=O)c2ccc(CC(C)C)cc2)c1. The van der Waals surface area contributed by atoms with Gasteiger partial charge in [-0.1, -0.05) is 32.0 Å². The summed E-state index contributed by atoms with van der Waals surface area (Å²) in [5, 5.41) is 0. The molecule has 0 aliphatic heterocycles. The Morgan fingerprint density at radius 3 is 2.32 bits per heavy atom. The van der Waals surface area contributed by atoms with Crippen LogP contribution in [0.15, 0.2) is 47.4 Å². The van der Waals surface area contributed by atoms with Gasteiger partial charge in [0.05, 0.1) is 23.3 Å². The molecule has 0 atom stereocenters. The van der Waals surface area contributed by atoms with E-state index in [-0.39, 0.29) is 10.5 Å². The Labute approximate surface area is 149 Å². The number of hydrogen-bond donors (Lipinski definition) is 1. The monoisotopic (exact) mass is 361 g/mol. The van der Waals surface area contributed by atoms with Crippen LogP contribution in [0.4, 0.5) is 5.69 Å². The number of carbonyl (C=O) groups excluding carboxylic acids is 1. The van der Waals surface area contributed by atoms with Gasteiger partial charge in [0.25, 0.3) is 10.0 Å². The average Bonchev–Trinajstić information content (AvgIpc) is 2.56. The molecule has 1 N–H and O–H groups in total. The smallest absolute Gasteiger partial charge is 0.337 e. The van der Waals surface area contributed by atoms with Gasteiger partial charge in [-0.2, -0.15) is 0 Å². The van der Waals surface area contributed by atoms with Crippen molar-refractivity contribution < 1.29 is 17.9 Å². The van der Waals surface area contributed by atoms with Crippen LogP contribution < -0.4 is 4.72 Å². The molecule has 5 nitrogen and oxygen atoms in total. The molecule has 0 aliphatic carbocycles. The van der Waals surface area contributed by atoms with Gasteiger partial charge in [-0.15, -0.1) is 0 Å².